The average molecular weight is 404 g/mol. The monoisotopic (exact) mass is 403 g/mol. The Morgan fingerprint density at radius 1 is 1.07 bits per heavy atom. The minimum absolute atomic E-state index is 0.0784. The Labute approximate surface area is 168 Å². The highest BCUT2D eigenvalue weighted by molar-refractivity contribution is 7.90. The summed E-state index contributed by atoms with van der Waals surface area (Å²) in [7, 11) is -3.24. The van der Waals surface area contributed by atoms with Crippen molar-refractivity contribution in [3.05, 3.63) is 59.7 Å². The molecule has 0 heterocycles. The third-order valence-electron chi connectivity index (χ3n) is 4.51. The van der Waals surface area contributed by atoms with Crippen LogP contribution in [0.3, 0.4) is 0 Å². The van der Waals surface area contributed by atoms with Crippen molar-refractivity contribution in [2.45, 2.75) is 50.5 Å². The van der Waals surface area contributed by atoms with Crippen molar-refractivity contribution in [2.24, 2.45) is 0 Å². The number of hydrogen-bond donors (Lipinski definition) is 1. The van der Waals surface area contributed by atoms with Crippen LogP contribution in [0.4, 0.5) is 0 Å². The third-order valence-corrected chi connectivity index (χ3v) is 5.64. The Hall–Kier alpha value is -2.34. The highest BCUT2D eigenvalue weighted by Gasteiger charge is 2.20. The van der Waals surface area contributed by atoms with E-state index in [-0.39, 0.29) is 28.9 Å². The minimum atomic E-state index is -3.24. The molecule has 6 heteroatoms. The molecule has 0 fully saturated rings. The van der Waals surface area contributed by atoms with Gasteiger partial charge in [0.2, 0.25) is 0 Å². The van der Waals surface area contributed by atoms with Crippen molar-refractivity contribution < 1.29 is 17.9 Å². The number of nitrogens with one attached hydrogen (secondary N) is 1. The molecule has 2 aromatic rings. The third kappa shape index (κ3) is 5.83. The number of ether oxygens (including phenoxy) is 1. The maximum absolute atomic E-state index is 12.4. The quantitative estimate of drug-likeness (QED) is 0.757. The van der Waals surface area contributed by atoms with Crippen LogP contribution in [0.1, 0.15) is 51.3 Å². The van der Waals surface area contributed by atoms with Gasteiger partial charge in [-0.05, 0) is 41.2 Å². The van der Waals surface area contributed by atoms with E-state index in [0.717, 1.165) is 11.1 Å². The summed E-state index contributed by atoms with van der Waals surface area (Å²) in [5.41, 5.74) is 1.82. The van der Waals surface area contributed by atoms with Crippen molar-refractivity contribution in [1.82, 2.24) is 5.32 Å². The Morgan fingerprint density at radius 3 is 2.21 bits per heavy atom. The molecular formula is C22H29NO4S. The van der Waals surface area contributed by atoms with Crippen molar-refractivity contribution in [1.29, 1.82) is 0 Å². The number of amides is 1. The number of sulfone groups is 1. The maximum Gasteiger partial charge on any atom is 0.258 e. The van der Waals surface area contributed by atoms with Gasteiger partial charge in [-0.2, -0.15) is 0 Å². The molecule has 0 radical (unpaired) electrons. The van der Waals surface area contributed by atoms with Gasteiger partial charge < -0.3 is 10.1 Å². The van der Waals surface area contributed by atoms with Crippen LogP contribution in [-0.2, 0) is 20.0 Å². The molecule has 0 aromatic heterocycles. The molecular weight excluding hydrogens is 374 g/mol. The van der Waals surface area contributed by atoms with Gasteiger partial charge in [0.05, 0.1) is 10.9 Å². The smallest absolute Gasteiger partial charge is 0.258 e. The number of carbonyl (C=O) groups excluding carboxylic acids is 1. The molecule has 2 rings (SSSR count). The molecule has 1 amide bonds. The molecule has 0 saturated carbocycles. The molecule has 0 spiro atoms. The lowest BCUT2D eigenvalue weighted by Gasteiger charge is -2.23. The molecule has 0 aliphatic heterocycles. The SMILES string of the molecule is CC[C@H](NC(=O)COc1ccccc1C(C)(C)C)c1ccc(S(C)(=O)=O)cc1. The molecule has 28 heavy (non-hydrogen) atoms. The van der Waals surface area contributed by atoms with E-state index in [0.29, 0.717) is 12.2 Å². The standard InChI is InChI=1S/C22H29NO4S/c1-6-19(16-11-13-17(14-12-16)28(5,25)26)23-21(24)15-27-20-10-8-7-9-18(20)22(2,3)4/h7-14,19H,6,15H2,1-5H3,(H,23,24)/t19-/m0/s1. The number of rotatable bonds is 7. The van der Waals surface area contributed by atoms with Gasteiger partial charge in [-0.3, -0.25) is 4.79 Å². The summed E-state index contributed by atoms with van der Waals surface area (Å²) < 4.78 is 29.0. The van der Waals surface area contributed by atoms with Gasteiger partial charge >= 0.3 is 0 Å². The van der Waals surface area contributed by atoms with Crippen molar-refractivity contribution in [3.8, 4) is 5.75 Å². The lowest BCUT2D eigenvalue weighted by atomic mass is 9.86. The first-order valence-electron chi connectivity index (χ1n) is 9.34. The normalized spacial score (nSPS) is 13.0. The predicted molar refractivity (Wildman–Crippen MR) is 111 cm³/mol. The van der Waals surface area contributed by atoms with E-state index in [4.69, 9.17) is 4.74 Å². The lowest BCUT2D eigenvalue weighted by Crippen LogP contribution is -2.32. The van der Waals surface area contributed by atoms with Crippen molar-refractivity contribution in [2.75, 3.05) is 12.9 Å². The fourth-order valence-corrected chi connectivity index (χ4v) is 3.59. The topological polar surface area (TPSA) is 72.5 Å². The fraction of sp³-hybridized carbons (Fsp3) is 0.409. The summed E-state index contributed by atoms with van der Waals surface area (Å²) >= 11 is 0. The zero-order valence-corrected chi connectivity index (χ0v) is 18.0. The fourth-order valence-electron chi connectivity index (χ4n) is 2.96. The first kappa shape index (κ1) is 22.0. The highest BCUT2D eigenvalue weighted by Crippen LogP contribution is 2.30. The van der Waals surface area contributed by atoms with Crippen LogP contribution in [-0.4, -0.2) is 27.2 Å². The largest absolute Gasteiger partial charge is 0.483 e. The van der Waals surface area contributed by atoms with Gasteiger partial charge in [-0.25, -0.2) is 8.42 Å². The van der Waals surface area contributed by atoms with Crippen LogP contribution in [0, 0.1) is 0 Å². The van der Waals surface area contributed by atoms with Gasteiger partial charge in [0.15, 0.2) is 16.4 Å². The number of benzene rings is 2. The van der Waals surface area contributed by atoms with Gasteiger partial charge in [-0.1, -0.05) is 58.0 Å². The molecule has 0 unspecified atom stereocenters. The van der Waals surface area contributed by atoms with Crippen LogP contribution >= 0.6 is 0 Å². The Balaban J connectivity index is 2.04. The van der Waals surface area contributed by atoms with Crippen LogP contribution in [0.2, 0.25) is 0 Å². The summed E-state index contributed by atoms with van der Waals surface area (Å²) in [5, 5.41) is 2.96. The van der Waals surface area contributed by atoms with Gasteiger partial charge in [0.25, 0.3) is 5.91 Å². The number of hydrogen-bond acceptors (Lipinski definition) is 4. The van der Waals surface area contributed by atoms with Crippen LogP contribution in [0.5, 0.6) is 5.75 Å². The summed E-state index contributed by atoms with van der Waals surface area (Å²) in [6.07, 6.45) is 1.86. The van der Waals surface area contributed by atoms with E-state index >= 15 is 0 Å². The van der Waals surface area contributed by atoms with Gasteiger partial charge in [0, 0.05) is 6.26 Å². The molecule has 0 aliphatic rings. The average Bonchev–Trinajstić information content (AvgIpc) is 2.63. The van der Waals surface area contributed by atoms with Crippen molar-refractivity contribution in [3.63, 3.8) is 0 Å². The second-order valence-corrected chi connectivity index (χ2v) is 9.92. The molecule has 0 bridgehead atoms. The lowest BCUT2D eigenvalue weighted by molar-refractivity contribution is -0.123. The Bertz CT molecular complexity index is 912. The predicted octanol–water partition coefficient (Wildman–Crippen LogP) is 4.03. The summed E-state index contributed by atoms with van der Waals surface area (Å²) in [5.74, 6) is 0.485. The van der Waals surface area contributed by atoms with E-state index < -0.39 is 9.84 Å². The van der Waals surface area contributed by atoms with Crippen LogP contribution < -0.4 is 10.1 Å². The summed E-state index contributed by atoms with van der Waals surface area (Å²) in [6.45, 7) is 8.18. The first-order valence-corrected chi connectivity index (χ1v) is 11.2. The summed E-state index contributed by atoms with van der Waals surface area (Å²) in [6, 6.07) is 14.1. The zero-order chi connectivity index (χ0) is 20.9. The molecule has 5 nitrogen and oxygen atoms in total. The molecule has 0 aliphatic carbocycles. The van der Waals surface area contributed by atoms with Crippen molar-refractivity contribution >= 4 is 15.7 Å². The van der Waals surface area contributed by atoms with Gasteiger partial charge in [0.1, 0.15) is 5.75 Å². The Morgan fingerprint density at radius 2 is 1.68 bits per heavy atom. The van der Waals surface area contributed by atoms with Gasteiger partial charge in [-0.15, -0.1) is 0 Å². The Kier molecular flexibility index (Phi) is 6.88. The second kappa shape index (κ2) is 8.78. The minimum Gasteiger partial charge on any atom is -0.483 e. The van der Waals surface area contributed by atoms with E-state index in [1.807, 2.05) is 31.2 Å². The second-order valence-electron chi connectivity index (χ2n) is 7.90. The number of para-hydroxylation sites is 1. The molecule has 0 saturated heterocycles. The zero-order valence-electron chi connectivity index (χ0n) is 17.2. The van der Waals surface area contributed by atoms with E-state index in [1.54, 1.807) is 24.3 Å². The molecule has 1 atom stereocenters. The van der Waals surface area contributed by atoms with Crippen LogP contribution in [0.15, 0.2) is 53.4 Å². The molecule has 1 N–H and O–H groups in total. The first-order chi connectivity index (χ1) is 13.0. The van der Waals surface area contributed by atoms with Crippen LogP contribution in [0.25, 0.3) is 0 Å². The van der Waals surface area contributed by atoms with E-state index in [9.17, 15) is 13.2 Å². The molecule has 2 aromatic carbocycles. The maximum atomic E-state index is 12.4. The summed E-state index contributed by atoms with van der Waals surface area (Å²) in [4.78, 5) is 12.7. The highest BCUT2D eigenvalue weighted by atomic mass is 32.2. The van der Waals surface area contributed by atoms with E-state index in [2.05, 4.69) is 26.1 Å². The molecule has 152 valence electrons. The van der Waals surface area contributed by atoms with E-state index in [1.165, 1.54) is 6.26 Å². The number of carbonyl (C=O) groups is 1.